The van der Waals surface area contributed by atoms with E-state index in [1.165, 1.54) is 5.56 Å². The first-order valence-corrected chi connectivity index (χ1v) is 18.5. The minimum atomic E-state index is -0.223. The zero-order valence-electron chi connectivity index (χ0n) is 26.1. The van der Waals surface area contributed by atoms with Crippen molar-refractivity contribution >= 4 is 81.4 Å². The first-order chi connectivity index (χ1) is 23.7. The number of halogens is 6. The summed E-state index contributed by atoms with van der Waals surface area (Å²) < 4.78 is 10.2. The van der Waals surface area contributed by atoms with E-state index in [4.69, 9.17) is 74.3 Å². The molecule has 0 aliphatic carbocycles. The van der Waals surface area contributed by atoms with Crippen molar-refractivity contribution in [3.8, 4) is 0 Å². The predicted molar refractivity (Wildman–Crippen MR) is 206 cm³/mol. The van der Waals surface area contributed by atoms with Crippen molar-refractivity contribution in [3.05, 3.63) is 169 Å². The number of rotatable bonds is 13. The molecule has 12 heteroatoms. The summed E-state index contributed by atoms with van der Waals surface area (Å²) in [6.07, 6.45) is 12.7. The number of aryl methyl sites for hydroxylation is 1. The molecule has 0 fully saturated rings. The summed E-state index contributed by atoms with van der Waals surface area (Å²) >= 11 is 38.7. The fourth-order valence-corrected chi connectivity index (χ4v) is 7.55. The normalized spacial score (nSPS) is 12.3. The van der Waals surface area contributed by atoms with Crippen LogP contribution >= 0.6 is 81.4 Å². The van der Waals surface area contributed by atoms with Gasteiger partial charge in [-0.1, -0.05) is 106 Å². The van der Waals surface area contributed by atoms with Crippen molar-refractivity contribution in [1.29, 1.82) is 0 Å². The first-order valence-electron chi connectivity index (χ1n) is 15.3. The van der Waals surface area contributed by atoms with E-state index in [9.17, 15) is 0 Å². The van der Waals surface area contributed by atoms with E-state index in [0.717, 1.165) is 40.4 Å². The highest BCUT2D eigenvalue weighted by Crippen LogP contribution is 2.38. The van der Waals surface area contributed by atoms with Crippen LogP contribution in [0.15, 0.2) is 127 Å². The lowest BCUT2D eigenvalue weighted by Gasteiger charge is -2.20. The third-order valence-corrected chi connectivity index (χ3v) is 10.8. The Hall–Kier alpha value is -2.65. The highest BCUT2D eigenvalue weighted by molar-refractivity contribution is 8.00. The number of imidazole rings is 2. The Labute approximate surface area is 321 Å². The standard InChI is InChI=1S/C19H17Cl3N2S.C18H15Cl3N2O/c20-15-7-4-14(5-8-15)6-9-16(12-24-11-10-23-13-24)25-19-17(21)2-1-3-18(19)22;19-14-3-1-13(2-4-14)11-24-18(10-23-8-7-22-12-23)16-6-5-15(20)9-17(16)21/h1-5,7-8,10-11,13,16H,6,9,12H2;1-9,12,18H,10-11H2. The van der Waals surface area contributed by atoms with Gasteiger partial charge in [0.2, 0.25) is 0 Å². The Morgan fingerprint density at radius 3 is 1.78 bits per heavy atom. The van der Waals surface area contributed by atoms with Gasteiger partial charge in [0.1, 0.15) is 6.10 Å². The van der Waals surface area contributed by atoms with E-state index in [1.54, 1.807) is 36.5 Å². The average molecular weight is 793 g/mol. The van der Waals surface area contributed by atoms with E-state index in [-0.39, 0.29) is 6.10 Å². The number of hydrogen-bond donors (Lipinski definition) is 0. The number of aromatic nitrogens is 4. The second-order valence-corrected chi connectivity index (χ2v) is 14.9. The monoisotopic (exact) mass is 790 g/mol. The van der Waals surface area contributed by atoms with Gasteiger partial charge in [-0.05, 0) is 72.5 Å². The predicted octanol–water partition coefficient (Wildman–Crippen LogP) is 12.4. The second kappa shape index (κ2) is 19.1. The smallest absolute Gasteiger partial charge is 0.102 e. The number of nitrogens with zero attached hydrogens (tertiary/aromatic N) is 4. The number of ether oxygens (including phenoxy) is 1. The summed E-state index contributed by atoms with van der Waals surface area (Å²) in [5.41, 5.74) is 3.20. The summed E-state index contributed by atoms with van der Waals surface area (Å²) in [7, 11) is 0. The Morgan fingerprint density at radius 2 is 1.20 bits per heavy atom. The van der Waals surface area contributed by atoms with Crippen LogP contribution in [-0.2, 0) is 30.9 Å². The van der Waals surface area contributed by atoms with Gasteiger partial charge in [-0.3, -0.25) is 0 Å². The zero-order chi connectivity index (χ0) is 34.6. The largest absolute Gasteiger partial charge is 0.367 e. The van der Waals surface area contributed by atoms with Crippen molar-refractivity contribution in [2.24, 2.45) is 0 Å². The van der Waals surface area contributed by atoms with Crippen LogP contribution in [0.5, 0.6) is 0 Å². The second-order valence-electron chi connectivity index (χ2n) is 11.1. The van der Waals surface area contributed by atoms with Crippen LogP contribution in [0.4, 0.5) is 0 Å². The maximum Gasteiger partial charge on any atom is 0.102 e. The third-order valence-electron chi connectivity index (χ3n) is 7.45. The van der Waals surface area contributed by atoms with E-state index in [1.807, 2.05) is 90.0 Å². The Balaban J connectivity index is 0.000000191. The molecule has 4 aromatic carbocycles. The Bertz CT molecular complexity index is 1850. The zero-order valence-corrected chi connectivity index (χ0v) is 31.5. The van der Waals surface area contributed by atoms with Crippen LogP contribution in [0.1, 0.15) is 29.2 Å². The van der Waals surface area contributed by atoms with E-state index >= 15 is 0 Å². The molecule has 49 heavy (non-hydrogen) atoms. The van der Waals surface area contributed by atoms with Crippen molar-refractivity contribution in [2.75, 3.05) is 0 Å². The molecule has 6 aromatic rings. The van der Waals surface area contributed by atoms with E-state index in [0.29, 0.717) is 43.5 Å². The molecule has 5 nitrogen and oxygen atoms in total. The SMILES string of the molecule is Clc1ccc(CCC(Cn2ccnc2)Sc2c(Cl)cccc2Cl)cc1.Clc1ccc(COC(Cn2ccnc2)c2ccc(Cl)cc2Cl)cc1. The molecule has 0 bridgehead atoms. The molecule has 2 unspecified atom stereocenters. The summed E-state index contributed by atoms with van der Waals surface area (Å²) in [6.45, 7) is 1.91. The lowest BCUT2D eigenvalue weighted by molar-refractivity contribution is 0.0280. The molecule has 0 spiro atoms. The van der Waals surface area contributed by atoms with Crippen molar-refractivity contribution < 1.29 is 4.74 Å². The molecule has 0 saturated heterocycles. The average Bonchev–Trinajstić information content (AvgIpc) is 3.80. The van der Waals surface area contributed by atoms with Gasteiger partial charge in [0.05, 0.1) is 35.9 Å². The van der Waals surface area contributed by atoms with Gasteiger partial charge in [0.15, 0.2) is 0 Å². The van der Waals surface area contributed by atoms with Crippen LogP contribution in [0.25, 0.3) is 0 Å². The van der Waals surface area contributed by atoms with Crippen molar-refractivity contribution in [3.63, 3.8) is 0 Å². The molecule has 2 aromatic heterocycles. The summed E-state index contributed by atoms with van der Waals surface area (Å²) in [5, 5.41) is 4.36. The van der Waals surface area contributed by atoms with Gasteiger partial charge >= 0.3 is 0 Å². The molecular weight excluding hydrogens is 761 g/mol. The van der Waals surface area contributed by atoms with Crippen molar-refractivity contribution in [1.82, 2.24) is 19.1 Å². The van der Waals surface area contributed by atoms with Crippen LogP contribution in [0.3, 0.4) is 0 Å². The topological polar surface area (TPSA) is 44.9 Å². The number of hydrogen-bond acceptors (Lipinski definition) is 4. The molecule has 2 atom stereocenters. The van der Waals surface area contributed by atoms with Gasteiger partial charge in [-0.2, -0.15) is 0 Å². The van der Waals surface area contributed by atoms with Gasteiger partial charge in [-0.25, -0.2) is 9.97 Å². The highest BCUT2D eigenvalue weighted by atomic mass is 35.5. The molecule has 0 N–H and O–H groups in total. The lowest BCUT2D eigenvalue weighted by Crippen LogP contribution is -2.13. The van der Waals surface area contributed by atoms with Gasteiger partial charge in [0, 0.05) is 67.1 Å². The minimum absolute atomic E-state index is 0.223. The maximum atomic E-state index is 6.36. The maximum absolute atomic E-state index is 6.36. The van der Waals surface area contributed by atoms with Gasteiger partial charge in [-0.15, -0.1) is 11.8 Å². The molecule has 0 aliphatic rings. The molecule has 254 valence electrons. The van der Waals surface area contributed by atoms with Gasteiger partial charge < -0.3 is 13.9 Å². The van der Waals surface area contributed by atoms with Gasteiger partial charge in [0.25, 0.3) is 0 Å². The molecule has 2 heterocycles. The Morgan fingerprint density at radius 1 is 0.633 bits per heavy atom. The molecule has 0 saturated carbocycles. The molecule has 0 radical (unpaired) electrons. The van der Waals surface area contributed by atoms with Crippen LogP contribution in [-0.4, -0.2) is 24.4 Å². The van der Waals surface area contributed by atoms with E-state index in [2.05, 4.69) is 26.7 Å². The molecular formula is C37H32Cl6N4OS. The first kappa shape index (κ1) is 37.6. The molecule has 0 aliphatic heterocycles. The highest BCUT2D eigenvalue weighted by Gasteiger charge is 2.18. The third kappa shape index (κ3) is 12.0. The fraction of sp³-hybridized carbons (Fsp3) is 0.189. The summed E-state index contributed by atoms with van der Waals surface area (Å²) in [4.78, 5) is 9.14. The number of thioether (sulfide) groups is 1. The quantitative estimate of drug-likeness (QED) is 0.109. The van der Waals surface area contributed by atoms with Crippen LogP contribution < -0.4 is 0 Å². The van der Waals surface area contributed by atoms with Crippen LogP contribution in [0, 0.1) is 0 Å². The number of benzene rings is 4. The Kier molecular flexibility index (Phi) is 14.7. The summed E-state index contributed by atoms with van der Waals surface area (Å²) in [5.74, 6) is 0. The molecule has 6 rings (SSSR count). The van der Waals surface area contributed by atoms with Crippen LogP contribution in [0.2, 0.25) is 30.1 Å². The summed E-state index contributed by atoms with van der Waals surface area (Å²) in [6, 6.07) is 26.7. The minimum Gasteiger partial charge on any atom is -0.367 e. The van der Waals surface area contributed by atoms with E-state index < -0.39 is 0 Å². The van der Waals surface area contributed by atoms with Crippen molar-refractivity contribution in [2.45, 2.75) is 48.8 Å². The fourth-order valence-electron chi connectivity index (χ4n) is 4.92. The lowest BCUT2D eigenvalue weighted by atomic mass is 10.1. The molecule has 0 amide bonds.